The monoisotopic (exact) mass is 508 g/mol. The van der Waals surface area contributed by atoms with Crippen LogP contribution in [0.3, 0.4) is 0 Å². The minimum Gasteiger partial charge on any atom is -0.367 e. The van der Waals surface area contributed by atoms with Gasteiger partial charge in [-0.05, 0) is 60.0 Å². The van der Waals surface area contributed by atoms with E-state index in [9.17, 15) is 18.8 Å². The number of aromatic nitrogens is 1. The number of amides is 3. The Bertz CT molecular complexity index is 1330. The Kier molecular flexibility index (Phi) is 7.37. The van der Waals surface area contributed by atoms with E-state index in [1.165, 1.54) is 6.07 Å². The molecule has 0 bridgehead atoms. The van der Waals surface area contributed by atoms with Gasteiger partial charge in [0.2, 0.25) is 5.91 Å². The summed E-state index contributed by atoms with van der Waals surface area (Å²) in [5.41, 5.74) is 5.95. The fourth-order valence-corrected chi connectivity index (χ4v) is 4.15. The van der Waals surface area contributed by atoms with Crippen molar-refractivity contribution in [3.63, 3.8) is 0 Å². The zero-order chi connectivity index (χ0) is 25.7. The summed E-state index contributed by atoms with van der Waals surface area (Å²) in [6, 6.07) is 13.4. The van der Waals surface area contributed by atoms with Gasteiger partial charge in [-0.1, -0.05) is 23.7 Å². The van der Waals surface area contributed by atoms with E-state index < -0.39 is 29.1 Å². The number of nitrogens with zero attached hydrogens (tertiary/aromatic N) is 2. The van der Waals surface area contributed by atoms with Crippen LogP contribution < -0.4 is 21.7 Å². The van der Waals surface area contributed by atoms with Crippen molar-refractivity contribution in [3.05, 3.63) is 94.5 Å². The Labute approximate surface area is 211 Å². The predicted molar refractivity (Wildman–Crippen MR) is 133 cm³/mol. The molecule has 0 saturated carbocycles. The first-order chi connectivity index (χ1) is 17.3. The van der Waals surface area contributed by atoms with Crippen LogP contribution >= 0.6 is 11.6 Å². The van der Waals surface area contributed by atoms with Crippen LogP contribution in [0.5, 0.6) is 0 Å². The molecule has 0 spiro atoms. The van der Waals surface area contributed by atoms with Crippen LogP contribution in [0.4, 0.5) is 10.1 Å². The second-order valence-electron chi connectivity index (χ2n) is 7.97. The van der Waals surface area contributed by atoms with E-state index in [1.54, 1.807) is 36.7 Å². The summed E-state index contributed by atoms with van der Waals surface area (Å²) >= 11 is 5.96. The highest BCUT2D eigenvalue weighted by Crippen LogP contribution is 2.28. The van der Waals surface area contributed by atoms with E-state index >= 15 is 0 Å². The van der Waals surface area contributed by atoms with Crippen molar-refractivity contribution in [2.24, 2.45) is 10.7 Å². The van der Waals surface area contributed by atoms with Crippen molar-refractivity contribution in [2.45, 2.75) is 12.0 Å². The minimum atomic E-state index is -1.64. The lowest BCUT2D eigenvalue weighted by atomic mass is 9.84. The lowest BCUT2D eigenvalue weighted by Gasteiger charge is -2.28. The smallest absolute Gasteiger partial charge is 0.268 e. The highest BCUT2D eigenvalue weighted by molar-refractivity contribution is 6.47. The van der Waals surface area contributed by atoms with Crippen molar-refractivity contribution in [1.82, 2.24) is 15.6 Å². The van der Waals surface area contributed by atoms with Gasteiger partial charge in [-0.2, -0.15) is 0 Å². The molecule has 36 heavy (non-hydrogen) atoms. The standard InChI is InChI=1S/C25H22ClFN6O3/c26-20-13-17(27)3-6-19(20)22(34)33-18-4-1-16(2-5-18)25(24(28)36)21(31-14-32-25)23(35)30-12-9-15-7-10-29-11-8-15/h1-8,10-11,13,32H,9,12,14H2,(H2,28,36)(H,30,35)(H,33,34). The van der Waals surface area contributed by atoms with Crippen molar-refractivity contribution in [3.8, 4) is 0 Å². The van der Waals surface area contributed by atoms with Crippen LogP contribution in [0.25, 0.3) is 0 Å². The molecule has 2 heterocycles. The molecule has 1 aromatic heterocycles. The van der Waals surface area contributed by atoms with Crippen LogP contribution in [0.1, 0.15) is 21.5 Å². The van der Waals surface area contributed by atoms with E-state index in [4.69, 9.17) is 17.3 Å². The van der Waals surface area contributed by atoms with Gasteiger partial charge in [-0.25, -0.2) is 4.39 Å². The number of aliphatic imine (C=N–C) groups is 1. The second-order valence-corrected chi connectivity index (χ2v) is 8.38. The molecule has 0 radical (unpaired) electrons. The molecule has 3 aromatic rings. The van der Waals surface area contributed by atoms with E-state index in [2.05, 4.69) is 25.9 Å². The summed E-state index contributed by atoms with van der Waals surface area (Å²) in [7, 11) is 0. The number of rotatable bonds is 8. The number of halogens is 2. The number of nitrogens with one attached hydrogen (secondary N) is 3. The lowest BCUT2D eigenvalue weighted by Crippen LogP contribution is -2.58. The molecule has 4 rings (SSSR count). The van der Waals surface area contributed by atoms with Gasteiger partial charge < -0.3 is 16.4 Å². The first-order valence-electron chi connectivity index (χ1n) is 10.9. The zero-order valence-corrected chi connectivity index (χ0v) is 19.7. The summed E-state index contributed by atoms with van der Waals surface area (Å²) in [5, 5.41) is 8.35. The normalized spacial score (nSPS) is 16.8. The summed E-state index contributed by atoms with van der Waals surface area (Å²) < 4.78 is 13.3. The number of anilines is 1. The van der Waals surface area contributed by atoms with E-state index in [1.807, 2.05) is 12.1 Å². The molecule has 9 nitrogen and oxygen atoms in total. The largest absolute Gasteiger partial charge is 0.367 e. The number of pyridine rings is 1. The third-order valence-corrected chi connectivity index (χ3v) is 6.03. The highest BCUT2D eigenvalue weighted by Gasteiger charge is 2.49. The first kappa shape index (κ1) is 25.0. The molecule has 0 fully saturated rings. The Morgan fingerprint density at radius 2 is 1.78 bits per heavy atom. The van der Waals surface area contributed by atoms with Crippen LogP contribution in [0.15, 0.2) is 72.0 Å². The van der Waals surface area contributed by atoms with Crippen molar-refractivity contribution < 1.29 is 18.8 Å². The SMILES string of the molecule is NC(=O)C1(c2ccc(NC(=O)c3ccc(F)cc3Cl)cc2)NCN=C1C(=O)NCCc1ccncc1. The second kappa shape index (κ2) is 10.6. The van der Waals surface area contributed by atoms with Gasteiger partial charge >= 0.3 is 0 Å². The van der Waals surface area contributed by atoms with Gasteiger partial charge in [0.1, 0.15) is 11.5 Å². The predicted octanol–water partition coefficient (Wildman–Crippen LogP) is 2.17. The maximum atomic E-state index is 13.3. The third kappa shape index (κ3) is 5.09. The molecule has 1 aliphatic heterocycles. The molecule has 1 atom stereocenters. The molecule has 1 unspecified atom stereocenters. The Morgan fingerprint density at radius 1 is 1.06 bits per heavy atom. The molecule has 5 N–H and O–H groups in total. The number of hydrogen-bond donors (Lipinski definition) is 4. The number of carbonyl (C=O) groups is 3. The fraction of sp³-hybridized carbons (Fsp3) is 0.160. The number of carbonyl (C=O) groups excluding carboxylic acids is 3. The average Bonchev–Trinajstić information content (AvgIpc) is 3.31. The van der Waals surface area contributed by atoms with E-state index in [0.29, 0.717) is 24.2 Å². The number of primary amides is 1. The molecule has 0 saturated heterocycles. The van der Waals surface area contributed by atoms with Crippen molar-refractivity contribution >= 4 is 40.7 Å². The van der Waals surface area contributed by atoms with Gasteiger partial charge in [0.05, 0.1) is 17.3 Å². The number of hydrogen-bond acceptors (Lipinski definition) is 6. The van der Waals surface area contributed by atoms with Gasteiger partial charge in [-0.3, -0.25) is 29.7 Å². The summed E-state index contributed by atoms with van der Waals surface area (Å²) in [6.07, 6.45) is 3.91. The zero-order valence-electron chi connectivity index (χ0n) is 18.9. The highest BCUT2D eigenvalue weighted by atomic mass is 35.5. The molecule has 11 heteroatoms. The van der Waals surface area contributed by atoms with Crippen LogP contribution in [-0.4, -0.2) is 41.6 Å². The Morgan fingerprint density at radius 3 is 2.44 bits per heavy atom. The van der Waals surface area contributed by atoms with Gasteiger partial charge in [-0.15, -0.1) is 0 Å². The van der Waals surface area contributed by atoms with Crippen LogP contribution in [0, 0.1) is 5.82 Å². The van der Waals surface area contributed by atoms with Gasteiger partial charge in [0, 0.05) is 24.6 Å². The number of nitrogens with two attached hydrogens (primary N) is 1. The summed E-state index contributed by atoms with van der Waals surface area (Å²) in [6.45, 7) is 0.352. The quantitative estimate of drug-likeness (QED) is 0.369. The van der Waals surface area contributed by atoms with E-state index in [-0.39, 0.29) is 23.0 Å². The molecular formula is C25H22ClFN6O3. The molecule has 3 amide bonds. The molecule has 1 aliphatic rings. The summed E-state index contributed by atoms with van der Waals surface area (Å²) in [4.78, 5) is 46.3. The summed E-state index contributed by atoms with van der Waals surface area (Å²) in [5.74, 6) is -2.40. The van der Waals surface area contributed by atoms with Gasteiger partial charge in [0.25, 0.3) is 11.8 Å². The topological polar surface area (TPSA) is 139 Å². The maximum Gasteiger partial charge on any atom is 0.268 e. The Balaban J connectivity index is 1.49. The first-order valence-corrected chi connectivity index (χ1v) is 11.3. The molecule has 0 aliphatic carbocycles. The maximum absolute atomic E-state index is 13.3. The Hall–Kier alpha value is -4.15. The van der Waals surface area contributed by atoms with Gasteiger partial charge in [0.15, 0.2) is 5.54 Å². The fourth-order valence-electron chi connectivity index (χ4n) is 3.90. The average molecular weight is 509 g/mol. The molecule has 2 aromatic carbocycles. The van der Waals surface area contributed by atoms with Crippen molar-refractivity contribution in [1.29, 1.82) is 0 Å². The molecule has 184 valence electrons. The van der Waals surface area contributed by atoms with Crippen LogP contribution in [-0.2, 0) is 21.5 Å². The lowest BCUT2D eigenvalue weighted by molar-refractivity contribution is -0.123. The number of benzene rings is 2. The van der Waals surface area contributed by atoms with Crippen LogP contribution in [0.2, 0.25) is 5.02 Å². The van der Waals surface area contributed by atoms with Crippen molar-refractivity contribution in [2.75, 3.05) is 18.5 Å². The molecular weight excluding hydrogens is 487 g/mol. The third-order valence-electron chi connectivity index (χ3n) is 5.72. The van der Waals surface area contributed by atoms with E-state index in [0.717, 1.165) is 17.7 Å². The minimum absolute atomic E-state index is 0.0252.